The third-order valence-electron chi connectivity index (χ3n) is 5.70. The third-order valence-corrected chi connectivity index (χ3v) is 5.70. The standard InChI is InChI=1S/C20H31NO/c1-19(2,3)17-9-11-20(12-10-17)15-22-14-18(21-20)13-16-7-5-4-6-8-16/h4-8,17-18,21H,9-15H2,1-3H3/t17?,18-,20?/m0/s1. The quantitative estimate of drug-likeness (QED) is 0.884. The average Bonchev–Trinajstić information content (AvgIpc) is 2.48. The molecule has 1 atom stereocenters. The van der Waals surface area contributed by atoms with E-state index < -0.39 is 0 Å². The number of hydrogen-bond donors (Lipinski definition) is 1. The molecular formula is C20H31NO. The van der Waals surface area contributed by atoms with Crippen molar-refractivity contribution in [3.05, 3.63) is 35.9 Å². The second-order valence-corrected chi connectivity index (χ2v) is 8.47. The fraction of sp³-hybridized carbons (Fsp3) is 0.700. The molecule has 2 aliphatic rings. The molecule has 1 saturated carbocycles. The van der Waals surface area contributed by atoms with Crippen molar-refractivity contribution >= 4 is 0 Å². The minimum atomic E-state index is 0.236. The molecule has 1 spiro atoms. The Kier molecular flexibility index (Phi) is 4.61. The highest BCUT2D eigenvalue weighted by molar-refractivity contribution is 5.16. The van der Waals surface area contributed by atoms with Gasteiger partial charge >= 0.3 is 0 Å². The smallest absolute Gasteiger partial charge is 0.0649 e. The highest BCUT2D eigenvalue weighted by Crippen LogP contribution is 2.42. The summed E-state index contributed by atoms with van der Waals surface area (Å²) >= 11 is 0. The Bertz CT molecular complexity index is 468. The van der Waals surface area contributed by atoms with Crippen molar-refractivity contribution in [3.8, 4) is 0 Å². The second kappa shape index (κ2) is 6.33. The monoisotopic (exact) mass is 301 g/mol. The summed E-state index contributed by atoms with van der Waals surface area (Å²) in [6.07, 6.45) is 6.27. The summed E-state index contributed by atoms with van der Waals surface area (Å²) < 4.78 is 6.01. The summed E-state index contributed by atoms with van der Waals surface area (Å²) in [6.45, 7) is 8.91. The van der Waals surface area contributed by atoms with Gasteiger partial charge in [0.15, 0.2) is 0 Å². The van der Waals surface area contributed by atoms with Gasteiger partial charge in [-0.2, -0.15) is 0 Å². The zero-order chi connectivity index (χ0) is 15.6. The Labute approximate surface area is 135 Å². The molecule has 1 aromatic carbocycles. The third kappa shape index (κ3) is 3.72. The lowest BCUT2D eigenvalue weighted by molar-refractivity contribution is -0.0312. The molecule has 0 amide bonds. The van der Waals surface area contributed by atoms with Gasteiger partial charge < -0.3 is 10.1 Å². The van der Waals surface area contributed by atoms with E-state index in [-0.39, 0.29) is 5.54 Å². The molecule has 1 aliphatic carbocycles. The van der Waals surface area contributed by atoms with Crippen LogP contribution >= 0.6 is 0 Å². The van der Waals surface area contributed by atoms with Gasteiger partial charge in [-0.3, -0.25) is 0 Å². The summed E-state index contributed by atoms with van der Waals surface area (Å²) in [5.41, 5.74) is 2.09. The first-order valence-corrected chi connectivity index (χ1v) is 8.86. The van der Waals surface area contributed by atoms with E-state index in [4.69, 9.17) is 4.74 Å². The van der Waals surface area contributed by atoms with Crippen LogP contribution in [0.2, 0.25) is 0 Å². The zero-order valence-corrected chi connectivity index (χ0v) is 14.4. The maximum absolute atomic E-state index is 6.01. The van der Waals surface area contributed by atoms with E-state index in [1.807, 2.05) is 0 Å². The van der Waals surface area contributed by atoms with E-state index in [1.165, 1.54) is 31.2 Å². The van der Waals surface area contributed by atoms with Crippen LogP contribution in [0.1, 0.15) is 52.0 Å². The predicted octanol–water partition coefficient (Wildman–Crippen LogP) is 4.19. The number of rotatable bonds is 2. The molecule has 1 saturated heterocycles. The van der Waals surface area contributed by atoms with Gasteiger partial charge in [0.25, 0.3) is 0 Å². The molecule has 2 heteroatoms. The number of hydrogen-bond acceptors (Lipinski definition) is 2. The summed E-state index contributed by atoms with van der Waals surface area (Å²) in [7, 11) is 0. The van der Waals surface area contributed by atoms with Gasteiger partial charge in [0, 0.05) is 11.6 Å². The van der Waals surface area contributed by atoms with Crippen LogP contribution in [0.25, 0.3) is 0 Å². The molecule has 0 aromatic heterocycles. The van der Waals surface area contributed by atoms with E-state index >= 15 is 0 Å². The number of ether oxygens (including phenoxy) is 1. The number of morpholine rings is 1. The van der Waals surface area contributed by atoms with Crippen molar-refractivity contribution in [1.82, 2.24) is 5.32 Å². The zero-order valence-electron chi connectivity index (χ0n) is 14.4. The lowest BCUT2D eigenvalue weighted by Gasteiger charge is -2.48. The number of nitrogens with one attached hydrogen (secondary N) is 1. The average molecular weight is 301 g/mol. The Morgan fingerprint density at radius 3 is 2.45 bits per heavy atom. The fourth-order valence-corrected chi connectivity index (χ4v) is 4.25. The highest BCUT2D eigenvalue weighted by Gasteiger charge is 2.41. The molecule has 2 nitrogen and oxygen atoms in total. The summed E-state index contributed by atoms with van der Waals surface area (Å²) in [5, 5.41) is 3.96. The molecule has 22 heavy (non-hydrogen) atoms. The first-order valence-electron chi connectivity index (χ1n) is 8.86. The molecule has 2 fully saturated rings. The molecular weight excluding hydrogens is 270 g/mol. The molecule has 0 bridgehead atoms. The van der Waals surface area contributed by atoms with Crippen molar-refractivity contribution in [2.45, 2.75) is 64.5 Å². The van der Waals surface area contributed by atoms with Crippen molar-refractivity contribution in [1.29, 1.82) is 0 Å². The Morgan fingerprint density at radius 2 is 1.82 bits per heavy atom. The SMILES string of the molecule is CC(C)(C)C1CCC2(CC1)COC[C@H](Cc1ccccc1)N2. The summed E-state index contributed by atoms with van der Waals surface area (Å²) in [4.78, 5) is 0. The van der Waals surface area contributed by atoms with Gasteiger partial charge in [0.1, 0.15) is 0 Å². The van der Waals surface area contributed by atoms with E-state index in [1.54, 1.807) is 0 Å². The van der Waals surface area contributed by atoms with Gasteiger partial charge in [0.05, 0.1) is 13.2 Å². The lowest BCUT2D eigenvalue weighted by atomic mass is 9.67. The minimum absolute atomic E-state index is 0.236. The predicted molar refractivity (Wildman–Crippen MR) is 92.0 cm³/mol. The van der Waals surface area contributed by atoms with Crippen LogP contribution < -0.4 is 5.32 Å². The van der Waals surface area contributed by atoms with Crippen LogP contribution in [0.3, 0.4) is 0 Å². The largest absolute Gasteiger partial charge is 0.378 e. The normalized spacial score (nSPS) is 33.0. The van der Waals surface area contributed by atoms with Gasteiger partial charge in [-0.25, -0.2) is 0 Å². The molecule has 1 aromatic rings. The maximum atomic E-state index is 6.01. The van der Waals surface area contributed by atoms with E-state index in [2.05, 4.69) is 56.4 Å². The van der Waals surface area contributed by atoms with Crippen molar-refractivity contribution in [2.24, 2.45) is 11.3 Å². The second-order valence-electron chi connectivity index (χ2n) is 8.47. The molecule has 0 radical (unpaired) electrons. The lowest BCUT2D eigenvalue weighted by Crippen LogP contribution is -2.61. The van der Waals surface area contributed by atoms with Crippen molar-refractivity contribution < 1.29 is 4.74 Å². The Hall–Kier alpha value is -0.860. The van der Waals surface area contributed by atoms with Gasteiger partial charge in [-0.15, -0.1) is 0 Å². The van der Waals surface area contributed by atoms with E-state index in [0.717, 1.165) is 25.6 Å². The first-order chi connectivity index (χ1) is 10.5. The number of benzene rings is 1. The van der Waals surface area contributed by atoms with Crippen LogP contribution in [0.4, 0.5) is 0 Å². The van der Waals surface area contributed by atoms with Gasteiger partial charge in [-0.05, 0) is 49.0 Å². The Balaban J connectivity index is 1.59. The van der Waals surface area contributed by atoms with Crippen LogP contribution in [0.15, 0.2) is 30.3 Å². The fourth-order valence-electron chi connectivity index (χ4n) is 4.25. The van der Waals surface area contributed by atoms with Crippen molar-refractivity contribution in [3.63, 3.8) is 0 Å². The van der Waals surface area contributed by atoms with Crippen LogP contribution in [0, 0.1) is 11.3 Å². The topological polar surface area (TPSA) is 21.3 Å². The Morgan fingerprint density at radius 1 is 1.14 bits per heavy atom. The molecule has 1 heterocycles. The molecule has 0 unspecified atom stereocenters. The summed E-state index contributed by atoms with van der Waals surface area (Å²) in [5.74, 6) is 0.856. The van der Waals surface area contributed by atoms with Crippen LogP contribution in [-0.2, 0) is 11.2 Å². The molecule has 1 aliphatic heterocycles. The van der Waals surface area contributed by atoms with E-state index in [0.29, 0.717) is 11.5 Å². The first kappa shape index (κ1) is 16.0. The van der Waals surface area contributed by atoms with Gasteiger partial charge in [-0.1, -0.05) is 51.1 Å². The minimum Gasteiger partial charge on any atom is -0.378 e. The molecule has 1 N–H and O–H groups in total. The van der Waals surface area contributed by atoms with E-state index in [9.17, 15) is 0 Å². The van der Waals surface area contributed by atoms with Crippen LogP contribution in [-0.4, -0.2) is 24.8 Å². The summed E-state index contributed by atoms with van der Waals surface area (Å²) in [6, 6.07) is 11.2. The maximum Gasteiger partial charge on any atom is 0.0649 e. The van der Waals surface area contributed by atoms with Crippen LogP contribution in [0.5, 0.6) is 0 Å². The van der Waals surface area contributed by atoms with Gasteiger partial charge in [0.2, 0.25) is 0 Å². The molecule has 122 valence electrons. The van der Waals surface area contributed by atoms with Crippen molar-refractivity contribution in [2.75, 3.05) is 13.2 Å². The molecule has 3 rings (SSSR count). The highest BCUT2D eigenvalue weighted by atomic mass is 16.5.